The van der Waals surface area contributed by atoms with Crippen LogP contribution in [0.15, 0.2) is 17.5 Å². The second-order valence-electron chi connectivity index (χ2n) is 3.55. The molecule has 92 valence electrons. The average molecular weight is 253 g/mol. The van der Waals surface area contributed by atoms with E-state index in [-0.39, 0.29) is 12.5 Å². The molecule has 0 aromatic carbocycles. The van der Waals surface area contributed by atoms with Gasteiger partial charge < -0.3 is 10.0 Å². The smallest absolute Gasteiger partial charge is 0.323 e. The topological polar surface area (TPSA) is 57.6 Å². The van der Waals surface area contributed by atoms with Gasteiger partial charge in [0.2, 0.25) is 5.91 Å². The zero-order valence-electron chi connectivity index (χ0n) is 9.84. The Morgan fingerprint density at radius 3 is 2.71 bits per heavy atom. The number of carbonyl (C=O) groups excluding carboxylic acids is 1. The van der Waals surface area contributed by atoms with Gasteiger partial charge in [-0.2, -0.15) is 0 Å². The van der Waals surface area contributed by atoms with Crippen LogP contribution in [0.5, 0.6) is 0 Å². The van der Waals surface area contributed by atoms with Crippen LogP contribution < -0.4 is 0 Å². The Balaban J connectivity index is 2.67. The van der Waals surface area contributed by atoms with Crippen molar-refractivity contribution in [3.8, 4) is 0 Å². The van der Waals surface area contributed by atoms with Crippen molar-refractivity contribution in [2.75, 3.05) is 13.1 Å². The van der Waals surface area contributed by atoms with Gasteiger partial charge in [0.05, 0.1) is 0 Å². The lowest BCUT2D eigenvalue weighted by atomic mass is 10.2. The number of carbonyl (C=O) groups is 2. The van der Waals surface area contributed by atoms with Crippen molar-refractivity contribution < 1.29 is 14.7 Å². The van der Waals surface area contributed by atoms with Crippen LogP contribution in [-0.4, -0.2) is 35.0 Å². The number of hydrogen-bond acceptors (Lipinski definition) is 3. The van der Waals surface area contributed by atoms with Gasteiger partial charge in [-0.15, -0.1) is 11.3 Å². The third-order valence-electron chi connectivity index (χ3n) is 2.30. The number of carboxylic acids is 1. The number of aryl methyl sites for hydroxylation is 1. The summed E-state index contributed by atoms with van der Waals surface area (Å²) in [6, 6.07) is 1.98. The van der Waals surface area contributed by atoms with Gasteiger partial charge in [0.25, 0.3) is 0 Å². The van der Waals surface area contributed by atoms with Crippen LogP contribution in [0.25, 0.3) is 6.08 Å². The van der Waals surface area contributed by atoms with Crippen LogP contribution in [0.4, 0.5) is 0 Å². The van der Waals surface area contributed by atoms with Gasteiger partial charge in [-0.1, -0.05) is 0 Å². The van der Waals surface area contributed by atoms with Crippen LogP contribution in [0, 0.1) is 6.92 Å². The number of aliphatic carboxylic acids is 1. The van der Waals surface area contributed by atoms with E-state index in [1.807, 2.05) is 18.4 Å². The normalized spacial score (nSPS) is 10.7. The van der Waals surface area contributed by atoms with E-state index in [2.05, 4.69) is 0 Å². The third kappa shape index (κ3) is 4.03. The fourth-order valence-electron chi connectivity index (χ4n) is 1.32. The molecule has 5 heteroatoms. The van der Waals surface area contributed by atoms with Crippen LogP contribution in [0.3, 0.4) is 0 Å². The molecule has 0 aliphatic carbocycles. The maximum absolute atomic E-state index is 11.7. The summed E-state index contributed by atoms with van der Waals surface area (Å²) < 4.78 is 0. The summed E-state index contributed by atoms with van der Waals surface area (Å²) in [6.45, 7) is 3.85. The molecule has 0 radical (unpaired) electrons. The minimum atomic E-state index is -0.999. The summed E-state index contributed by atoms with van der Waals surface area (Å²) in [7, 11) is 0. The first kappa shape index (κ1) is 13.4. The number of nitrogens with zero attached hydrogens (tertiary/aromatic N) is 1. The summed E-state index contributed by atoms with van der Waals surface area (Å²) >= 11 is 1.55. The van der Waals surface area contributed by atoms with Crippen LogP contribution in [0.1, 0.15) is 17.4 Å². The van der Waals surface area contributed by atoms with Gasteiger partial charge in [-0.05, 0) is 36.9 Å². The van der Waals surface area contributed by atoms with E-state index >= 15 is 0 Å². The van der Waals surface area contributed by atoms with Gasteiger partial charge in [0.1, 0.15) is 6.54 Å². The number of likely N-dealkylation sites (N-methyl/N-ethyl adjacent to an activating group) is 1. The van der Waals surface area contributed by atoms with Gasteiger partial charge in [0, 0.05) is 17.5 Å². The average Bonchev–Trinajstić information content (AvgIpc) is 2.68. The molecule has 0 aliphatic heterocycles. The summed E-state index contributed by atoms with van der Waals surface area (Å²) in [5, 5.41) is 10.6. The minimum absolute atomic E-state index is 0.261. The lowest BCUT2D eigenvalue weighted by Gasteiger charge is -2.15. The maximum atomic E-state index is 11.7. The first-order valence-corrected chi connectivity index (χ1v) is 6.15. The summed E-state index contributed by atoms with van der Waals surface area (Å²) in [6.07, 6.45) is 3.15. The molecular formula is C12H15NO3S. The van der Waals surface area contributed by atoms with Crippen molar-refractivity contribution in [2.45, 2.75) is 13.8 Å². The molecule has 4 nitrogen and oxygen atoms in total. The largest absolute Gasteiger partial charge is 0.480 e. The first-order valence-electron chi connectivity index (χ1n) is 5.27. The van der Waals surface area contributed by atoms with E-state index in [1.54, 1.807) is 24.3 Å². The SMILES string of the molecule is CCN(CC(=O)O)C(=O)/C=C/c1sccc1C. The predicted molar refractivity (Wildman–Crippen MR) is 68.0 cm³/mol. The van der Waals surface area contributed by atoms with Crippen molar-refractivity contribution in [1.29, 1.82) is 0 Å². The Kier molecular flexibility index (Phi) is 4.90. The van der Waals surface area contributed by atoms with Gasteiger partial charge in [0.15, 0.2) is 0 Å². The summed E-state index contributed by atoms with van der Waals surface area (Å²) in [4.78, 5) is 24.5. The predicted octanol–water partition coefficient (Wildman–Crippen LogP) is 2.00. The van der Waals surface area contributed by atoms with E-state index in [1.165, 1.54) is 11.0 Å². The quantitative estimate of drug-likeness (QED) is 0.817. The van der Waals surface area contributed by atoms with Crippen molar-refractivity contribution >= 4 is 29.3 Å². The molecule has 17 heavy (non-hydrogen) atoms. The molecule has 1 N–H and O–H groups in total. The van der Waals surface area contributed by atoms with Crippen LogP contribution in [0.2, 0.25) is 0 Å². The highest BCUT2D eigenvalue weighted by Gasteiger charge is 2.11. The van der Waals surface area contributed by atoms with Gasteiger partial charge in [-0.3, -0.25) is 9.59 Å². The maximum Gasteiger partial charge on any atom is 0.323 e. The van der Waals surface area contributed by atoms with E-state index in [0.29, 0.717) is 6.54 Å². The molecule has 1 heterocycles. The second kappa shape index (κ2) is 6.20. The standard InChI is InChI=1S/C12H15NO3S/c1-3-13(8-12(15)16)11(14)5-4-10-9(2)6-7-17-10/h4-7H,3,8H2,1-2H3,(H,15,16)/b5-4+. The molecule has 0 fully saturated rings. The molecule has 0 bridgehead atoms. The number of thiophene rings is 1. The molecule has 1 aromatic rings. The zero-order valence-corrected chi connectivity index (χ0v) is 10.7. The number of carboxylic acid groups (broad SMARTS) is 1. The van der Waals surface area contributed by atoms with Crippen molar-refractivity contribution in [3.63, 3.8) is 0 Å². The van der Waals surface area contributed by atoms with E-state index in [4.69, 9.17) is 5.11 Å². The number of amides is 1. The van der Waals surface area contributed by atoms with E-state index in [9.17, 15) is 9.59 Å². The van der Waals surface area contributed by atoms with E-state index in [0.717, 1.165) is 10.4 Å². The lowest BCUT2D eigenvalue weighted by molar-refractivity contribution is -0.142. The molecular weight excluding hydrogens is 238 g/mol. The van der Waals surface area contributed by atoms with Crippen LogP contribution in [-0.2, 0) is 9.59 Å². The summed E-state index contributed by atoms with van der Waals surface area (Å²) in [5.41, 5.74) is 1.11. The highest BCUT2D eigenvalue weighted by molar-refractivity contribution is 7.11. The third-order valence-corrected chi connectivity index (χ3v) is 3.28. The van der Waals surface area contributed by atoms with Crippen molar-refractivity contribution in [2.24, 2.45) is 0 Å². The molecule has 0 saturated carbocycles. The van der Waals surface area contributed by atoms with Gasteiger partial charge in [-0.25, -0.2) is 0 Å². The van der Waals surface area contributed by atoms with E-state index < -0.39 is 5.97 Å². The minimum Gasteiger partial charge on any atom is -0.480 e. The van der Waals surface area contributed by atoms with Crippen molar-refractivity contribution in [3.05, 3.63) is 28.0 Å². The molecule has 1 amide bonds. The monoisotopic (exact) mass is 253 g/mol. The second-order valence-corrected chi connectivity index (χ2v) is 4.50. The number of hydrogen-bond donors (Lipinski definition) is 1. The molecule has 1 rings (SSSR count). The fraction of sp³-hybridized carbons (Fsp3) is 0.333. The van der Waals surface area contributed by atoms with Crippen LogP contribution >= 0.6 is 11.3 Å². The number of rotatable bonds is 5. The van der Waals surface area contributed by atoms with Crippen molar-refractivity contribution in [1.82, 2.24) is 4.90 Å². The Labute approximate surface area is 104 Å². The molecule has 0 unspecified atom stereocenters. The zero-order chi connectivity index (χ0) is 12.8. The first-order chi connectivity index (χ1) is 8.04. The van der Waals surface area contributed by atoms with Gasteiger partial charge >= 0.3 is 5.97 Å². The molecule has 1 aromatic heterocycles. The Hall–Kier alpha value is -1.62. The Bertz CT molecular complexity index is 437. The Morgan fingerprint density at radius 2 is 2.24 bits per heavy atom. The molecule has 0 spiro atoms. The molecule has 0 aliphatic rings. The Morgan fingerprint density at radius 1 is 1.53 bits per heavy atom. The lowest BCUT2D eigenvalue weighted by Crippen LogP contribution is -2.34. The summed E-state index contributed by atoms with van der Waals surface area (Å²) in [5.74, 6) is -1.27. The highest BCUT2D eigenvalue weighted by atomic mass is 32.1. The highest BCUT2D eigenvalue weighted by Crippen LogP contribution is 2.17. The molecule has 0 saturated heterocycles. The molecule has 0 atom stereocenters. The fourth-order valence-corrected chi connectivity index (χ4v) is 2.14.